The number of nitrogens with zero attached hydrogens (tertiary/aromatic N) is 3. The summed E-state index contributed by atoms with van der Waals surface area (Å²) in [6.45, 7) is 0. The number of hydrazine groups is 1. The first-order valence-corrected chi connectivity index (χ1v) is 12.7. The van der Waals surface area contributed by atoms with Crippen LogP contribution in [-0.2, 0) is 5.54 Å². The summed E-state index contributed by atoms with van der Waals surface area (Å²) in [7, 11) is 0. The number of anilines is 1. The Bertz CT molecular complexity index is 1360. The Morgan fingerprint density at radius 2 is 1.53 bits per heavy atom. The maximum absolute atomic E-state index is 10.7. The molecule has 5 aliphatic rings. The summed E-state index contributed by atoms with van der Waals surface area (Å²) in [5.74, 6) is 2.79. The molecule has 0 radical (unpaired) electrons. The van der Waals surface area contributed by atoms with Crippen molar-refractivity contribution in [2.45, 2.75) is 24.4 Å². The lowest BCUT2D eigenvalue weighted by atomic mass is 9.63. The minimum atomic E-state index is -0.394. The van der Waals surface area contributed by atoms with Crippen molar-refractivity contribution in [3.8, 4) is 17.3 Å². The van der Waals surface area contributed by atoms with Crippen molar-refractivity contribution in [2.75, 3.05) is 5.01 Å². The monoisotopic (exact) mass is 461 g/mol. The zero-order valence-corrected chi connectivity index (χ0v) is 19.4. The number of hydrogen-bond donors (Lipinski definition) is 0. The molecule has 8 rings (SSSR count). The number of benzene rings is 3. The highest BCUT2D eigenvalue weighted by Gasteiger charge is 2.74. The van der Waals surface area contributed by atoms with Crippen molar-refractivity contribution in [1.82, 2.24) is 5.01 Å². The summed E-state index contributed by atoms with van der Waals surface area (Å²) >= 11 is 6.31. The van der Waals surface area contributed by atoms with Crippen LogP contribution in [0.5, 0.6) is 0 Å². The normalized spacial score (nSPS) is 32.6. The molecular formula is C30H24ClN3. The van der Waals surface area contributed by atoms with E-state index in [1.54, 1.807) is 0 Å². The zero-order chi connectivity index (χ0) is 22.6. The first kappa shape index (κ1) is 19.1. The molecule has 1 aliphatic heterocycles. The highest BCUT2D eigenvalue weighted by molar-refractivity contribution is 6.30. The minimum absolute atomic E-state index is 0.203. The summed E-state index contributed by atoms with van der Waals surface area (Å²) in [5.41, 5.74) is 5.93. The highest BCUT2D eigenvalue weighted by atomic mass is 35.5. The predicted molar refractivity (Wildman–Crippen MR) is 134 cm³/mol. The van der Waals surface area contributed by atoms with Gasteiger partial charge in [0.25, 0.3) is 0 Å². The van der Waals surface area contributed by atoms with Gasteiger partial charge in [-0.15, -0.1) is 0 Å². The molecule has 3 aromatic carbocycles. The molecule has 0 amide bonds. The van der Waals surface area contributed by atoms with Crippen LogP contribution in [0.4, 0.5) is 5.69 Å². The summed E-state index contributed by atoms with van der Waals surface area (Å²) in [4.78, 5) is 0. The third-order valence-electron chi connectivity index (χ3n) is 9.57. The van der Waals surface area contributed by atoms with Crippen LogP contribution in [0.15, 0.2) is 84.9 Å². The van der Waals surface area contributed by atoms with Gasteiger partial charge in [-0.3, -0.25) is 5.01 Å². The Morgan fingerprint density at radius 3 is 2.21 bits per heavy atom. The van der Waals surface area contributed by atoms with Crippen molar-refractivity contribution < 1.29 is 0 Å². The molecule has 34 heavy (non-hydrogen) atoms. The largest absolute Gasteiger partial charge is 0.261 e. The van der Waals surface area contributed by atoms with Gasteiger partial charge in [-0.2, -0.15) is 5.26 Å². The minimum Gasteiger partial charge on any atom is -0.261 e. The fraction of sp³-hybridized carbons (Fsp3) is 0.300. The van der Waals surface area contributed by atoms with Gasteiger partial charge < -0.3 is 0 Å². The second-order valence-electron chi connectivity index (χ2n) is 10.6. The highest BCUT2D eigenvalue weighted by Crippen LogP contribution is 2.72. The molecule has 4 aliphatic carbocycles. The second kappa shape index (κ2) is 6.46. The van der Waals surface area contributed by atoms with Gasteiger partial charge in [0, 0.05) is 10.9 Å². The maximum Gasteiger partial charge on any atom is 0.200 e. The molecule has 6 atom stereocenters. The van der Waals surface area contributed by atoms with Gasteiger partial charge in [-0.05, 0) is 83.0 Å². The molecule has 0 N–H and O–H groups in total. The van der Waals surface area contributed by atoms with Gasteiger partial charge in [-0.1, -0.05) is 72.3 Å². The van der Waals surface area contributed by atoms with Gasteiger partial charge >= 0.3 is 0 Å². The molecule has 2 saturated carbocycles. The summed E-state index contributed by atoms with van der Waals surface area (Å²) in [6, 6.07) is 26.1. The lowest BCUT2D eigenvalue weighted by Gasteiger charge is -2.44. The van der Waals surface area contributed by atoms with E-state index in [1.165, 1.54) is 35.1 Å². The van der Waals surface area contributed by atoms with Gasteiger partial charge in [0.1, 0.15) is 5.54 Å². The summed E-state index contributed by atoms with van der Waals surface area (Å²) < 4.78 is 0. The molecule has 0 aromatic heterocycles. The summed E-state index contributed by atoms with van der Waals surface area (Å²) in [6.07, 6.45) is 9.94. The Kier molecular flexibility index (Phi) is 3.64. The van der Waals surface area contributed by atoms with Crippen LogP contribution in [0.3, 0.4) is 0 Å². The van der Waals surface area contributed by atoms with E-state index in [-0.39, 0.29) is 6.04 Å². The van der Waals surface area contributed by atoms with Crippen LogP contribution < -0.4 is 5.01 Å². The third kappa shape index (κ3) is 2.02. The lowest BCUT2D eigenvalue weighted by Crippen LogP contribution is -2.50. The predicted octanol–water partition coefficient (Wildman–Crippen LogP) is 6.61. The van der Waals surface area contributed by atoms with Crippen molar-refractivity contribution in [3.05, 3.63) is 101 Å². The first-order valence-electron chi connectivity index (χ1n) is 12.4. The van der Waals surface area contributed by atoms with Gasteiger partial charge in [0.15, 0.2) is 6.19 Å². The fourth-order valence-electron chi connectivity index (χ4n) is 8.75. The Hall–Kier alpha value is -3.22. The fourth-order valence-corrected chi connectivity index (χ4v) is 8.87. The third-order valence-corrected chi connectivity index (χ3v) is 9.82. The van der Waals surface area contributed by atoms with Gasteiger partial charge in [-0.25, -0.2) is 5.01 Å². The van der Waals surface area contributed by atoms with Gasteiger partial charge in [0.05, 0.1) is 11.7 Å². The first-order chi connectivity index (χ1) is 16.7. The van der Waals surface area contributed by atoms with Crippen LogP contribution in [0.25, 0.3) is 11.1 Å². The molecule has 0 unspecified atom stereocenters. The van der Waals surface area contributed by atoms with E-state index in [9.17, 15) is 5.26 Å². The van der Waals surface area contributed by atoms with Crippen molar-refractivity contribution in [1.29, 1.82) is 5.26 Å². The van der Waals surface area contributed by atoms with Gasteiger partial charge in [0.2, 0.25) is 0 Å². The number of fused-ring (bicyclic) bond motifs is 14. The van der Waals surface area contributed by atoms with Crippen molar-refractivity contribution in [2.24, 2.45) is 29.6 Å². The van der Waals surface area contributed by atoms with Crippen LogP contribution in [0.2, 0.25) is 5.02 Å². The van der Waals surface area contributed by atoms with E-state index in [0.717, 1.165) is 5.69 Å². The molecule has 4 heteroatoms. The molecule has 3 fully saturated rings. The van der Waals surface area contributed by atoms with Crippen LogP contribution >= 0.6 is 11.6 Å². The number of rotatable bonds is 1. The van der Waals surface area contributed by atoms with Crippen LogP contribution in [0.1, 0.15) is 24.0 Å². The Labute approximate surface area is 204 Å². The number of hydrogen-bond acceptors (Lipinski definition) is 3. The molecule has 1 heterocycles. The maximum atomic E-state index is 10.7. The molecule has 2 bridgehead atoms. The van der Waals surface area contributed by atoms with E-state index in [1.807, 2.05) is 12.1 Å². The molecule has 3 nitrogen and oxygen atoms in total. The molecule has 1 saturated heterocycles. The lowest BCUT2D eigenvalue weighted by molar-refractivity contribution is 0.131. The molecule has 1 spiro atoms. The Morgan fingerprint density at radius 1 is 0.853 bits per heavy atom. The van der Waals surface area contributed by atoms with E-state index in [4.69, 9.17) is 11.6 Å². The van der Waals surface area contributed by atoms with Crippen LogP contribution in [0, 0.1) is 41.0 Å². The molecule has 3 aromatic rings. The topological polar surface area (TPSA) is 30.3 Å². The van der Waals surface area contributed by atoms with Crippen LogP contribution in [-0.4, -0.2) is 11.1 Å². The molecular weight excluding hydrogens is 438 g/mol. The second-order valence-corrected chi connectivity index (χ2v) is 11.0. The number of halogens is 1. The van der Waals surface area contributed by atoms with E-state index in [0.29, 0.717) is 34.6 Å². The quantitative estimate of drug-likeness (QED) is 0.302. The standard InChI is InChI=1S/C30H24ClN3/c31-18-12-14-19(15-13-18)34-30(26-10-3-1-6-22(26)23-7-2-4-11-27(23)30)28-24-16-25(29(28)33(34)17-32)21-9-5-8-20(21)24/h1-7,9-15,20-21,24-25,28-29H,8,16H2/t20-,21-,24-,25+,28-,29-/m0/s1. The Balaban J connectivity index is 1.47. The van der Waals surface area contributed by atoms with E-state index < -0.39 is 5.54 Å². The SMILES string of the molecule is N#CN1[C@H]2[C@@H]3C[C@@H]([C@H]4CC=C[C@H]34)[C@@H]2C2(c3ccccc3-c3ccccc32)N1c1ccc(Cl)cc1. The molecule has 166 valence electrons. The zero-order valence-electron chi connectivity index (χ0n) is 18.7. The smallest absolute Gasteiger partial charge is 0.200 e. The van der Waals surface area contributed by atoms with E-state index in [2.05, 4.69) is 89.0 Å². The summed E-state index contributed by atoms with van der Waals surface area (Å²) in [5, 5.41) is 15.8. The average Bonchev–Trinajstić information content (AvgIpc) is 3.66. The van der Waals surface area contributed by atoms with E-state index >= 15 is 0 Å². The van der Waals surface area contributed by atoms with Crippen molar-refractivity contribution in [3.63, 3.8) is 0 Å². The number of allylic oxidation sites excluding steroid dienone is 2. The van der Waals surface area contributed by atoms with Crippen molar-refractivity contribution >= 4 is 17.3 Å². The average molecular weight is 462 g/mol. The number of nitriles is 1.